The molecule has 0 aromatic carbocycles. The maximum atomic E-state index is 12.7. The first-order chi connectivity index (χ1) is 4.63. The second-order valence-electron chi connectivity index (χ2n) is 1.82. The van der Waals surface area contributed by atoms with Crippen LogP contribution >= 0.6 is 38.5 Å². The molecule has 0 saturated carbocycles. The van der Waals surface area contributed by atoms with E-state index < -0.39 is 0 Å². The first-order valence-corrected chi connectivity index (χ1v) is 4.46. The van der Waals surface area contributed by atoms with Crippen molar-refractivity contribution in [3.63, 3.8) is 0 Å². The third kappa shape index (κ3) is 1.47. The summed E-state index contributed by atoms with van der Waals surface area (Å²) in [6.07, 6.45) is 1.22. The van der Waals surface area contributed by atoms with Crippen molar-refractivity contribution in [2.75, 3.05) is 0 Å². The lowest BCUT2D eigenvalue weighted by atomic mass is 10.4. The monoisotopic (exact) mass is 315 g/mol. The molecule has 54 valence electrons. The highest BCUT2D eigenvalue weighted by atomic mass is 127. The summed E-state index contributed by atoms with van der Waals surface area (Å²) in [6.45, 7) is 1.83. The Labute approximate surface area is 80.3 Å². The number of halogens is 3. The molecule has 1 aromatic rings. The van der Waals surface area contributed by atoms with Crippen LogP contribution in [0.5, 0.6) is 0 Å². The number of pyridine rings is 1. The maximum absolute atomic E-state index is 12.7. The number of nitrogens with zero attached hydrogens (tertiary/aromatic N) is 1. The van der Waals surface area contributed by atoms with E-state index >= 15 is 0 Å². The molecule has 0 N–H and O–H groups in total. The first-order valence-electron chi connectivity index (χ1n) is 2.59. The third-order valence-corrected chi connectivity index (χ3v) is 3.86. The Bertz CT molecular complexity index is 237. The molecule has 0 saturated heterocycles. The molecule has 1 aromatic heterocycles. The average molecular weight is 316 g/mol. The zero-order chi connectivity index (χ0) is 7.72. The van der Waals surface area contributed by atoms with Crippen LogP contribution in [-0.4, -0.2) is 4.98 Å². The molecule has 0 aliphatic carbocycles. The Hall–Kier alpha value is 0.290. The molecule has 0 atom stereocenters. The lowest BCUT2D eigenvalue weighted by Gasteiger charge is -1.99. The second-order valence-corrected chi connectivity index (χ2v) is 3.69. The number of hydrogen-bond donors (Lipinski definition) is 0. The summed E-state index contributed by atoms with van der Waals surface area (Å²) in [5.41, 5.74) is 0.811. The van der Waals surface area contributed by atoms with Gasteiger partial charge in [-0.05, 0) is 45.4 Å². The van der Waals surface area contributed by atoms with Crippen LogP contribution in [0.15, 0.2) is 10.7 Å². The van der Waals surface area contributed by atoms with Gasteiger partial charge in [0, 0.05) is 0 Å². The largest absolute Gasteiger partial charge is 0.257 e. The van der Waals surface area contributed by atoms with Gasteiger partial charge >= 0.3 is 0 Å². The smallest absolute Gasteiger partial charge is 0.155 e. The molecule has 4 heteroatoms. The zero-order valence-electron chi connectivity index (χ0n) is 5.16. The van der Waals surface area contributed by atoms with Crippen LogP contribution in [0.3, 0.4) is 0 Å². The minimum absolute atomic E-state index is 0.280. The highest BCUT2D eigenvalue weighted by Gasteiger charge is 2.05. The molecule has 0 spiro atoms. The van der Waals surface area contributed by atoms with Crippen molar-refractivity contribution in [1.82, 2.24) is 4.98 Å². The Morgan fingerprint density at radius 1 is 1.70 bits per heavy atom. The molecule has 10 heavy (non-hydrogen) atoms. The van der Waals surface area contributed by atoms with E-state index in [0.29, 0.717) is 3.57 Å². The minimum Gasteiger partial charge on any atom is -0.257 e. The van der Waals surface area contributed by atoms with Gasteiger partial charge in [-0.25, -0.2) is 4.39 Å². The fourth-order valence-electron chi connectivity index (χ4n) is 0.531. The highest BCUT2D eigenvalue weighted by Crippen LogP contribution is 2.23. The molecule has 0 bridgehead atoms. The van der Waals surface area contributed by atoms with Gasteiger partial charge < -0.3 is 0 Å². The third-order valence-electron chi connectivity index (χ3n) is 1.09. The van der Waals surface area contributed by atoms with Crippen LogP contribution in [0, 0.1) is 16.3 Å². The number of aryl methyl sites for hydroxylation is 1. The van der Waals surface area contributed by atoms with Crippen LogP contribution in [-0.2, 0) is 0 Å². The fourth-order valence-corrected chi connectivity index (χ4v) is 1.35. The van der Waals surface area contributed by atoms with E-state index in [4.69, 9.17) is 0 Å². The van der Waals surface area contributed by atoms with Gasteiger partial charge in [-0.15, -0.1) is 0 Å². The highest BCUT2D eigenvalue weighted by molar-refractivity contribution is 14.1. The van der Waals surface area contributed by atoms with Crippen LogP contribution in [0.4, 0.5) is 4.39 Å². The van der Waals surface area contributed by atoms with Gasteiger partial charge in [0.1, 0.15) is 0 Å². The van der Waals surface area contributed by atoms with E-state index in [0.717, 1.165) is 10.2 Å². The molecule has 1 nitrogen and oxygen atoms in total. The molecule has 1 heterocycles. The van der Waals surface area contributed by atoms with Gasteiger partial charge in [-0.3, -0.25) is 4.98 Å². The quantitative estimate of drug-likeness (QED) is 0.671. The Morgan fingerprint density at radius 2 is 2.30 bits per heavy atom. The maximum Gasteiger partial charge on any atom is 0.155 e. The lowest BCUT2D eigenvalue weighted by molar-refractivity contribution is 0.611. The van der Waals surface area contributed by atoms with Crippen molar-refractivity contribution in [3.05, 3.63) is 25.8 Å². The molecule has 0 unspecified atom stereocenters. The van der Waals surface area contributed by atoms with Crippen molar-refractivity contribution in [2.45, 2.75) is 6.92 Å². The molecular formula is C6H4BrFIN. The topological polar surface area (TPSA) is 12.9 Å². The molecular weight excluding hydrogens is 312 g/mol. The summed E-state index contributed by atoms with van der Waals surface area (Å²) in [6, 6.07) is 0. The SMILES string of the molecule is Cc1ncc(F)c(I)c1Br. The van der Waals surface area contributed by atoms with E-state index in [9.17, 15) is 4.39 Å². The Balaban J connectivity index is 3.34. The van der Waals surface area contributed by atoms with Gasteiger partial charge in [0.05, 0.1) is 19.9 Å². The summed E-state index contributed by atoms with van der Waals surface area (Å²) < 4.78 is 14.0. The summed E-state index contributed by atoms with van der Waals surface area (Å²) in [5, 5.41) is 0. The van der Waals surface area contributed by atoms with Gasteiger partial charge in [0.15, 0.2) is 5.82 Å². The van der Waals surface area contributed by atoms with E-state index in [1.54, 1.807) is 0 Å². The van der Waals surface area contributed by atoms with Gasteiger partial charge in [-0.1, -0.05) is 0 Å². The van der Waals surface area contributed by atoms with Crippen molar-refractivity contribution in [1.29, 1.82) is 0 Å². The molecule has 0 fully saturated rings. The van der Waals surface area contributed by atoms with Crippen molar-refractivity contribution >= 4 is 38.5 Å². The predicted molar refractivity (Wildman–Crippen MR) is 49.3 cm³/mol. The number of rotatable bonds is 0. The zero-order valence-corrected chi connectivity index (χ0v) is 8.90. The van der Waals surface area contributed by atoms with Gasteiger partial charge in [-0.2, -0.15) is 0 Å². The molecule has 0 amide bonds. The van der Waals surface area contributed by atoms with Crippen LogP contribution in [0.25, 0.3) is 0 Å². The summed E-state index contributed by atoms with van der Waals surface area (Å²) in [5.74, 6) is -0.280. The van der Waals surface area contributed by atoms with Crippen LogP contribution in [0.2, 0.25) is 0 Å². The summed E-state index contributed by atoms with van der Waals surface area (Å²) >= 11 is 5.15. The van der Waals surface area contributed by atoms with Gasteiger partial charge in [0.2, 0.25) is 0 Å². The molecule has 0 aliphatic heterocycles. The number of hydrogen-bond acceptors (Lipinski definition) is 1. The number of aromatic nitrogens is 1. The van der Waals surface area contributed by atoms with Crippen molar-refractivity contribution in [3.8, 4) is 0 Å². The first kappa shape index (κ1) is 8.39. The standard InChI is InChI=1S/C6H4BrFIN/c1-3-5(7)6(9)4(8)2-10-3/h2H,1H3. The summed E-state index contributed by atoms with van der Waals surface area (Å²) in [7, 11) is 0. The molecule has 0 radical (unpaired) electrons. The summed E-state index contributed by atoms with van der Waals surface area (Å²) in [4.78, 5) is 3.81. The van der Waals surface area contributed by atoms with Crippen molar-refractivity contribution in [2.24, 2.45) is 0 Å². The lowest BCUT2D eigenvalue weighted by Crippen LogP contribution is -1.90. The van der Waals surface area contributed by atoms with E-state index in [2.05, 4.69) is 20.9 Å². The minimum atomic E-state index is -0.280. The Kier molecular flexibility index (Phi) is 2.62. The molecule has 1 rings (SSSR count). The Morgan fingerprint density at radius 3 is 2.80 bits per heavy atom. The second kappa shape index (κ2) is 3.13. The van der Waals surface area contributed by atoms with Crippen LogP contribution in [0.1, 0.15) is 5.69 Å². The van der Waals surface area contributed by atoms with Crippen molar-refractivity contribution < 1.29 is 4.39 Å². The fraction of sp³-hybridized carbons (Fsp3) is 0.167. The van der Waals surface area contributed by atoms with E-state index in [-0.39, 0.29) is 5.82 Å². The normalized spacial score (nSPS) is 10.0. The van der Waals surface area contributed by atoms with E-state index in [1.165, 1.54) is 6.20 Å². The molecule has 0 aliphatic rings. The van der Waals surface area contributed by atoms with E-state index in [1.807, 2.05) is 29.5 Å². The predicted octanol–water partition coefficient (Wildman–Crippen LogP) is 2.90. The van der Waals surface area contributed by atoms with Crippen LogP contribution < -0.4 is 0 Å². The average Bonchev–Trinajstić information content (AvgIpc) is 1.93. The van der Waals surface area contributed by atoms with Gasteiger partial charge in [0.25, 0.3) is 0 Å².